The first-order chi connectivity index (χ1) is 10.1. The summed E-state index contributed by atoms with van der Waals surface area (Å²) in [6.45, 7) is 0.352. The van der Waals surface area contributed by atoms with Crippen LogP contribution in [0.1, 0.15) is 41.0 Å². The zero-order valence-corrected chi connectivity index (χ0v) is 12.2. The highest BCUT2D eigenvalue weighted by Crippen LogP contribution is 2.31. The number of nitrogens with zero attached hydrogens (tertiary/aromatic N) is 4. The number of rotatable bonds is 5. The molecule has 8 heteroatoms. The van der Waals surface area contributed by atoms with Gasteiger partial charge in [0.1, 0.15) is 5.69 Å². The second-order valence-corrected chi connectivity index (χ2v) is 5.77. The van der Waals surface area contributed by atoms with Crippen molar-refractivity contribution in [2.75, 3.05) is 0 Å². The molecule has 0 unspecified atom stereocenters. The summed E-state index contributed by atoms with van der Waals surface area (Å²) in [4.78, 5) is 18.4. The molecule has 0 bridgehead atoms. The van der Waals surface area contributed by atoms with Crippen LogP contribution in [0, 0.1) is 0 Å². The van der Waals surface area contributed by atoms with Gasteiger partial charge in [-0.1, -0.05) is 0 Å². The van der Waals surface area contributed by atoms with E-state index in [-0.39, 0.29) is 11.6 Å². The molecule has 0 radical (unpaired) electrons. The Morgan fingerprint density at radius 2 is 2.33 bits per heavy atom. The van der Waals surface area contributed by atoms with Gasteiger partial charge in [0.2, 0.25) is 0 Å². The molecule has 3 rings (SSSR count). The first-order valence-electron chi connectivity index (χ1n) is 6.56. The quantitative estimate of drug-likeness (QED) is 0.853. The summed E-state index contributed by atoms with van der Waals surface area (Å²) in [5.74, 6) is -0.395. The second kappa shape index (κ2) is 5.51. The second-order valence-electron chi connectivity index (χ2n) is 5.05. The summed E-state index contributed by atoms with van der Waals surface area (Å²) in [7, 11) is 1.53. The lowest BCUT2D eigenvalue weighted by molar-refractivity contribution is 0.0715. The van der Waals surface area contributed by atoms with E-state index in [2.05, 4.69) is 10.1 Å². The van der Waals surface area contributed by atoms with Crippen molar-refractivity contribution in [1.82, 2.24) is 19.7 Å². The standard InChI is InChI=1S/C13H14F2N4OS/c1-18-5-10(11(17-18)12(14)15)13(20)19(9-2-3-9)4-8-6-21-7-16-8/h5-7,9,12H,2-4H2,1H3. The lowest BCUT2D eigenvalue weighted by atomic mass is 10.2. The van der Waals surface area contributed by atoms with Crippen molar-refractivity contribution in [2.45, 2.75) is 31.9 Å². The lowest BCUT2D eigenvalue weighted by Gasteiger charge is -2.21. The first-order valence-corrected chi connectivity index (χ1v) is 7.50. The molecule has 1 aliphatic carbocycles. The number of aromatic nitrogens is 3. The Labute approximate surface area is 124 Å². The van der Waals surface area contributed by atoms with Crippen molar-refractivity contribution in [1.29, 1.82) is 0 Å². The van der Waals surface area contributed by atoms with Gasteiger partial charge in [0.25, 0.3) is 12.3 Å². The molecule has 0 N–H and O–H groups in total. The normalized spacial score (nSPS) is 14.7. The minimum Gasteiger partial charge on any atom is -0.330 e. The third-order valence-electron chi connectivity index (χ3n) is 3.36. The van der Waals surface area contributed by atoms with Crippen LogP contribution >= 0.6 is 11.3 Å². The van der Waals surface area contributed by atoms with Gasteiger partial charge in [-0.2, -0.15) is 5.10 Å². The Morgan fingerprint density at radius 3 is 2.90 bits per heavy atom. The number of carbonyl (C=O) groups excluding carboxylic acids is 1. The van der Waals surface area contributed by atoms with Crippen LogP contribution in [-0.4, -0.2) is 31.6 Å². The summed E-state index contributed by atoms with van der Waals surface area (Å²) in [6.07, 6.45) is 0.408. The van der Waals surface area contributed by atoms with Crippen molar-refractivity contribution in [2.24, 2.45) is 7.05 Å². The van der Waals surface area contributed by atoms with Crippen molar-refractivity contribution >= 4 is 17.2 Å². The molecular formula is C13H14F2N4OS. The maximum atomic E-state index is 13.0. The van der Waals surface area contributed by atoms with Gasteiger partial charge < -0.3 is 4.90 Å². The number of hydrogen-bond donors (Lipinski definition) is 0. The summed E-state index contributed by atoms with van der Waals surface area (Å²) in [5, 5.41) is 5.56. The molecule has 1 aliphatic rings. The molecule has 0 saturated heterocycles. The van der Waals surface area contributed by atoms with Gasteiger partial charge in [-0.05, 0) is 12.8 Å². The molecule has 0 atom stereocenters. The summed E-state index contributed by atoms with van der Waals surface area (Å²) in [6, 6.07) is 0.116. The Bertz CT molecular complexity index is 637. The molecule has 5 nitrogen and oxygen atoms in total. The molecule has 0 spiro atoms. The number of hydrogen-bond acceptors (Lipinski definition) is 4. The maximum Gasteiger partial charge on any atom is 0.282 e. The molecule has 2 heterocycles. The smallest absolute Gasteiger partial charge is 0.282 e. The fourth-order valence-corrected chi connectivity index (χ4v) is 2.78. The van der Waals surface area contributed by atoms with E-state index in [0.717, 1.165) is 18.5 Å². The predicted molar refractivity (Wildman–Crippen MR) is 73.2 cm³/mol. The van der Waals surface area contributed by atoms with E-state index >= 15 is 0 Å². The molecule has 1 amide bonds. The zero-order valence-electron chi connectivity index (χ0n) is 11.4. The van der Waals surface area contributed by atoms with Crippen LogP contribution in [0.15, 0.2) is 17.1 Å². The minimum absolute atomic E-state index is 0.0189. The fraction of sp³-hybridized carbons (Fsp3) is 0.462. The zero-order chi connectivity index (χ0) is 15.0. The molecule has 2 aromatic heterocycles. The highest BCUT2D eigenvalue weighted by Gasteiger charge is 2.36. The van der Waals surface area contributed by atoms with Crippen molar-refractivity contribution in [3.63, 3.8) is 0 Å². The Morgan fingerprint density at radius 1 is 1.57 bits per heavy atom. The third-order valence-corrected chi connectivity index (χ3v) is 3.99. The van der Waals surface area contributed by atoms with Gasteiger partial charge in [0.15, 0.2) is 0 Å². The van der Waals surface area contributed by atoms with Crippen LogP contribution in [-0.2, 0) is 13.6 Å². The van der Waals surface area contributed by atoms with Crippen molar-refractivity contribution < 1.29 is 13.6 Å². The monoisotopic (exact) mass is 312 g/mol. The van der Waals surface area contributed by atoms with E-state index in [9.17, 15) is 13.6 Å². The Balaban J connectivity index is 1.87. The number of amides is 1. The third kappa shape index (κ3) is 2.94. The Hall–Kier alpha value is -1.83. The fourth-order valence-electron chi connectivity index (χ4n) is 2.23. The molecular weight excluding hydrogens is 298 g/mol. The molecule has 21 heavy (non-hydrogen) atoms. The number of carbonyl (C=O) groups is 1. The molecule has 112 valence electrons. The van der Waals surface area contributed by atoms with Crippen LogP contribution < -0.4 is 0 Å². The van der Waals surface area contributed by atoms with Crippen LogP contribution in [0.25, 0.3) is 0 Å². The van der Waals surface area contributed by atoms with E-state index < -0.39 is 18.0 Å². The van der Waals surface area contributed by atoms with Gasteiger partial charge in [-0.3, -0.25) is 9.48 Å². The van der Waals surface area contributed by atoms with Crippen molar-refractivity contribution in [3.05, 3.63) is 34.0 Å². The Kier molecular flexibility index (Phi) is 3.71. The first kappa shape index (κ1) is 14.1. The highest BCUT2D eigenvalue weighted by atomic mass is 32.1. The van der Waals surface area contributed by atoms with E-state index in [1.54, 1.807) is 10.4 Å². The maximum absolute atomic E-state index is 13.0. The average molecular weight is 312 g/mol. The van der Waals surface area contributed by atoms with E-state index in [0.29, 0.717) is 6.54 Å². The minimum atomic E-state index is -2.76. The molecule has 1 saturated carbocycles. The summed E-state index contributed by atoms with van der Waals surface area (Å²) >= 11 is 1.45. The van der Waals surface area contributed by atoms with Crippen LogP contribution in [0.2, 0.25) is 0 Å². The summed E-state index contributed by atoms with van der Waals surface area (Å²) < 4.78 is 27.3. The number of thiazole rings is 1. The largest absolute Gasteiger partial charge is 0.330 e. The predicted octanol–water partition coefficient (Wildman–Crippen LogP) is 2.62. The van der Waals surface area contributed by atoms with Gasteiger partial charge in [-0.25, -0.2) is 13.8 Å². The lowest BCUT2D eigenvalue weighted by Crippen LogP contribution is -2.33. The molecule has 1 fully saturated rings. The molecule has 0 aromatic carbocycles. The van der Waals surface area contributed by atoms with Gasteiger partial charge in [0, 0.05) is 24.7 Å². The number of aryl methyl sites for hydroxylation is 1. The van der Waals surface area contributed by atoms with Gasteiger partial charge >= 0.3 is 0 Å². The summed E-state index contributed by atoms with van der Waals surface area (Å²) in [5.41, 5.74) is 2.00. The van der Waals surface area contributed by atoms with Crippen molar-refractivity contribution in [3.8, 4) is 0 Å². The SMILES string of the molecule is Cn1cc(C(=O)N(Cc2cscn2)C2CC2)c(C(F)F)n1. The van der Waals surface area contributed by atoms with Crippen LogP contribution in [0.5, 0.6) is 0 Å². The number of alkyl halides is 2. The van der Waals surface area contributed by atoms with Gasteiger partial charge in [-0.15, -0.1) is 11.3 Å². The van der Waals surface area contributed by atoms with E-state index in [4.69, 9.17) is 0 Å². The highest BCUT2D eigenvalue weighted by molar-refractivity contribution is 7.07. The van der Waals surface area contributed by atoms with E-state index in [1.807, 2.05) is 5.38 Å². The molecule has 2 aromatic rings. The van der Waals surface area contributed by atoms with Crippen LogP contribution in [0.3, 0.4) is 0 Å². The van der Waals surface area contributed by atoms with Crippen LogP contribution in [0.4, 0.5) is 8.78 Å². The average Bonchev–Trinajstić information content (AvgIpc) is 2.99. The van der Waals surface area contributed by atoms with E-state index in [1.165, 1.54) is 29.3 Å². The number of halogens is 2. The topological polar surface area (TPSA) is 51.0 Å². The molecule has 0 aliphatic heterocycles. The van der Waals surface area contributed by atoms with Gasteiger partial charge in [0.05, 0.1) is 23.3 Å².